The van der Waals surface area contributed by atoms with E-state index in [1.807, 2.05) is 30.3 Å². The maximum atomic E-state index is 11.9. The molecule has 1 atom stereocenters. The maximum Gasteiger partial charge on any atom is 0.319 e. The molecule has 7 heteroatoms. The number of nitro groups is 1. The summed E-state index contributed by atoms with van der Waals surface area (Å²) in [5, 5.41) is 16.3. The number of amides is 2. The van der Waals surface area contributed by atoms with Gasteiger partial charge in [0.05, 0.1) is 18.1 Å². The molecule has 0 spiro atoms. The first-order valence-corrected chi connectivity index (χ1v) is 7.25. The van der Waals surface area contributed by atoms with E-state index in [4.69, 9.17) is 4.74 Å². The number of nitrogens with zero attached hydrogens (tertiary/aromatic N) is 1. The van der Waals surface area contributed by atoms with Crippen LogP contribution in [0.5, 0.6) is 5.75 Å². The molecular formula is C17H15N3O4. The summed E-state index contributed by atoms with van der Waals surface area (Å²) in [7, 11) is 1.59. The second-order valence-corrected chi connectivity index (χ2v) is 5.23. The number of carbonyl (C=O) groups excluding carboxylic acids is 1. The normalized spacial score (nSPS) is 16.6. The lowest BCUT2D eigenvalue weighted by atomic mass is 10.0. The van der Waals surface area contributed by atoms with Gasteiger partial charge in [-0.2, -0.15) is 0 Å². The Morgan fingerprint density at radius 1 is 1.08 bits per heavy atom. The van der Waals surface area contributed by atoms with E-state index in [0.29, 0.717) is 5.70 Å². The molecule has 122 valence electrons. The molecule has 2 aromatic rings. The van der Waals surface area contributed by atoms with Gasteiger partial charge in [-0.1, -0.05) is 0 Å². The molecule has 0 radical (unpaired) electrons. The van der Waals surface area contributed by atoms with Gasteiger partial charge in [0.15, 0.2) is 0 Å². The van der Waals surface area contributed by atoms with Gasteiger partial charge < -0.3 is 15.4 Å². The number of nitro benzene ring substituents is 1. The van der Waals surface area contributed by atoms with Crippen molar-refractivity contribution < 1.29 is 14.5 Å². The SMILES string of the molecule is COc1ccc(C2=CC(c3ccc([N+](=O)[O-])cc3)NC(=O)N2)cc1. The molecule has 1 aliphatic rings. The standard InChI is InChI=1S/C17H15N3O4/c1-24-14-8-4-12(5-9-14)16-10-15(18-17(21)19-16)11-2-6-13(7-3-11)20(22)23/h2-10,15H,1H3,(H2,18,19,21). The van der Waals surface area contributed by atoms with Crippen LogP contribution in [0.25, 0.3) is 5.70 Å². The Bertz CT molecular complexity index is 798. The van der Waals surface area contributed by atoms with Crippen molar-refractivity contribution in [3.05, 3.63) is 75.8 Å². The van der Waals surface area contributed by atoms with Crippen LogP contribution in [0.2, 0.25) is 0 Å². The number of methoxy groups -OCH3 is 1. The number of non-ortho nitro benzene ring substituents is 1. The Morgan fingerprint density at radius 3 is 2.33 bits per heavy atom. The summed E-state index contributed by atoms with van der Waals surface area (Å²) in [6.45, 7) is 0. The van der Waals surface area contributed by atoms with Crippen molar-refractivity contribution in [1.82, 2.24) is 10.6 Å². The van der Waals surface area contributed by atoms with E-state index in [1.165, 1.54) is 12.1 Å². The average Bonchev–Trinajstić information content (AvgIpc) is 2.61. The summed E-state index contributed by atoms with van der Waals surface area (Å²) in [5.41, 5.74) is 2.29. The van der Waals surface area contributed by atoms with Gasteiger partial charge in [-0.3, -0.25) is 10.1 Å². The van der Waals surface area contributed by atoms with E-state index >= 15 is 0 Å². The third-order valence-electron chi connectivity index (χ3n) is 3.73. The monoisotopic (exact) mass is 325 g/mol. The second kappa shape index (κ2) is 6.41. The van der Waals surface area contributed by atoms with E-state index in [9.17, 15) is 14.9 Å². The molecule has 7 nitrogen and oxygen atoms in total. The highest BCUT2D eigenvalue weighted by Crippen LogP contribution is 2.25. The Labute approximate surface area is 138 Å². The summed E-state index contributed by atoms with van der Waals surface area (Å²) in [6, 6.07) is 12.7. The number of hydrogen-bond acceptors (Lipinski definition) is 4. The third kappa shape index (κ3) is 3.19. The minimum Gasteiger partial charge on any atom is -0.497 e. The Balaban J connectivity index is 1.90. The van der Waals surface area contributed by atoms with Gasteiger partial charge in [-0.15, -0.1) is 0 Å². The van der Waals surface area contributed by atoms with Gasteiger partial charge >= 0.3 is 6.03 Å². The van der Waals surface area contributed by atoms with Gasteiger partial charge in [0.1, 0.15) is 5.75 Å². The number of nitrogens with one attached hydrogen (secondary N) is 2. The molecular weight excluding hydrogens is 310 g/mol. The van der Waals surface area contributed by atoms with Crippen molar-refractivity contribution in [3.8, 4) is 5.75 Å². The van der Waals surface area contributed by atoms with Crippen LogP contribution < -0.4 is 15.4 Å². The first kappa shape index (κ1) is 15.5. The molecule has 0 aromatic heterocycles. The average molecular weight is 325 g/mol. The van der Waals surface area contributed by atoms with Crippen LogP contribution in [-0.4, -0.2) is 18.1 Å². The highest BCUT2D eigenvalue weighted by atomic mass is 16.6. The van der Waals surface area contributed by atoms with Crippen LogP contribution in [0, 0.1) is 10.1 Å². The molecule has 0 saturated heterocycles. The number of carbonyl (C=O) groups is 1. The lowest BCUT2D eigenvalue weighted by Gasteiger charge is -2.24. The van der Waals surface area contributed by atoms with Gasteiger partial charge in [0.2, 0.25) is 0 Å². The quantitative estimate of drug-likeness (QED) is 0.667. The molecule has 2 aromatic carbocycles. The summed E-state index contributed by atoms with van der Waals surface area (Å²) >= 11 is 0. The van der Waals surface area contributed by atoms with E-state index in [2.05, 4.69) is 10.6 Å². The van der Waals surface area contributed by atoms with Gasteiger partial charge in [-0.05, 0) is 53.6 Å². The van der Waals surface area contributed by atoms with Gasteiger partial charge in [0.25, 0.3) is 5.69 Å². The van der Waals surface area contributed by atoms with E-state index < -0.39 is 4.92 Å². The predicted molar refractivity (Wildman–Crippen MR) is 88.5 cm³/mol. The molecule has 0 aliphatic carbocycles. The molecule has 3 rings (SSSR count). The first-order valence-electron chi connectivity index (χ1n) is 7.25. The molecule has 0 saturated carbocycles. The van der Waals surface area contributed by atoms with Crippen LogP contribution in [0.15, 0.2) is 54.6 Å². The number of rotatable bonds is 4. The first-order chi connectivity index (χ1) is 11.6. The second-order valence-electron chi connectivity index (χ2n) is 5.23. The van der Waals surface area contributed by atoms with Crippen molar-refractivity contribution in [1.29, 1.82) is 0 Å². The van der Waals surface area contributed by atoms with Crippen LogP contribution in [-0.2, 0) is 0 Å². The molecule has 0 bridgehead atoms. The third-order valence-corrected chi connectivity index (χ3v) is 3.73. The number of ether oxygens (including phenoxy) is 1. The van der Waals surface area contributed by atoms with Crippen LogP contribution in [0.3, 0.4) is 0 Å². The van der Waals surface area contributed by atoms with Crippen molar-refractivity contribution in [2.24, 2.45) is 0 Å². The van der Waals surface area contributed by atoms with Crippen LogP contribution in [0.1, 0.15) is 17.2 Å². The van der Waals surface area contributed by atoms with Crippen molar-refractivity contribution in [2.45, 2.75) is 6.04 Å². The fraction of sp³-hybridized carbons (Fsp3) is 0.118. The summed E-state index contributed by atoms with van der Waals surface area (Å²) in [6.07, 6.45) is 1.87. The number of urea groups is 1. The topological polar surface area (TPSA) is 93.5 Å². The van der Waals surface area contributed by atoms with Gasteiger partial charge in [-0.25, -0.2) is 4.79 Å². The zero-order valence-electron chi connectivity index (χ0n) is 12.9. The lowest BCUT2D eigenvalue weighted by molar-refractivity contribution is -0.384. The molecule has 1 heterocycles. The summed E-state index contributed by atoms with van der Waals surface area (Å²) in [4.78, 5) is 22.2. The molecule has 24 heavy (non-hydrogen) atoms. The number of hydrogen-bond donors (Lipinski definition) is 2. The highest BCUT2D eigenvalue weighted by Gasteiger charge is 2.21. The minimum absolute atomic E-state index is 0.0124. The zero-order valence-corrected chi connectivity index (χ0v) is 12.9. The predicted octanol–water partition coefficient (Wildman–Crippen LogP) is 3.00. The number of benzene rings is 2. The molecule has 0 fully saturated rings. The maximum absolute atomic E-state index is 11.9. The Hall–Kier alpha value is -3.35. The van der Waals surface area contributed by atoms with Crippen molar-refractivity contribution in [3.63, 3.8) is 0 Å². The fourth-order valence-corrected chi connectivity index (χ4v) is 2.47. The molecule has 1 aliphatic heterocycles. The lowest BCUT2D eigenvalue weighted by Crippen LogP contribution is -2.40. The highest BCUT2D eigenvalue weighted by molar-refractivity contribution is 5.88. The van der Waals surface area contributed by atoms with E-state index in [1.54, 1.807) is 19.2 Å². The Morgan fingerprint density at radius 2 is 1.75 bits per heavy atom. The van der Waals surface area contributed by atoms with Crippen LogP contribution >= 0.6 is 0 Å². The fourth-order valence-electron chi connectivity index (χ4n) is 2.47. The van der Waals surface area contributed by atoms with Crippen molar-refractivity contribution in [2.75, 3.05) is 7.11 Å². The Kier molecular flexibility index (Phi) is 4.15. The molecule has 1 unspecified atom stereocenters. The van der Waals surface area contributed by atoms with E-state index in [-0.39, 0.29) is 17.8 Å². The molecule has 2 N–H and O–H groups in total. The van der Waals surface area contributed by atoms with Gasteiger partial charge in [0, 0.05) is 17.8 Å². The minimum atomic E-state index is -0.455. The molecule has 2 amide bonds. The largest absolute Gasteiger partial charge is 0.497 e. The smallest absolute Gasteiger partial charge is 0.319 e. The zero-order chi connectivity index (χ0) is 17.1. The van der Waals surface area contributed by atoms with E-state index in [0.717, 1.165) is 16.9 Å². The summed E-state index contributed by atoms with van der Waals surface area (Å²) in [5.74, 6) is 0.728. The van der Waals surface area contributed by atoms with Crippen molar-refractivity contribution >= 4 is 17.4 Å². The van der Waals surface area contributed by atoms with Crippen LogP contribution in [0.4, 0.5) is 10.5 Å². The summed E-state index contributed by atoms with van der Waals surface area (Å²) < 4.78 is 5.12.